The van der Waals surface area contributed by atoms with Crippen LogP contribution >= 0.6 is 0 Å². The quantitative estimate of drug-likeness (QED) is 0.819. The highest BCUT2D eigenvalue weighted by Crippen LogP contribution is 2.12. The molecule has 0 unspecified atom stereocenters. The maximum absolute atomic E-state index is 12.1. The summed E-state index contributed by atoms with van der Waals surface area (Å²) in [5.41, 5.74) is 1.66. The molecule has 3 nitrogen and oxygen atoms in total. The fraction of sp³-hybridized carbons (Fsp3) is 0.286. The highest BCUT2D eigenvalue weighted by Gasteiger charge is 2.10. The molecule has 88 valence electrons. The topological polar surface area (TPSA) is 49.9 Å². The van der Waals surface area contributed by atoms with Crippen molar-refractivity contribution in [1.82, 2.24) is 4.98 Å². The average molecular weight is 229 g/mol. The van der Waals surface area contributed by atoms with Crippen molar-refractivity contribution in [2.45, 2.75) is 26.2 Å². The summed E-state index contributed by atoms with van der Waals surface area (Å²) in [7, 11) is 0. The minimum absolute atomic E-state index is 0.166. The van der Waals surface area contributed by atoms with Gasteiger partial charge in [0.1, 0.15) is 0 Å². The zero-order chi connectivity index (χ0) is 12.3. The summed E-state index contributed by atoms with van der Waals surface area (Å²) in [4.78, 5) is 26.3. The second-order valence-corrected chi connectivity index (χ2v) is 4.11. The predicted octanol–water partition coefficient (Wildman–Crippen LogP) is 2.68. The van der Waals surface area contributed by atoms with E-state index in [1.807, 2.05) is 12.1 Å². The molecule has 1 aromatic carbocycles. The molecule has 0 bridgehead atoms. The fourth-order valence-electron chi connectivity index (χ4n) is 1.98. The van der Waals surface area contributed by atoms with Crippen LogP contribution in [-0.4, -0.2) is 11.3 Å². The Morgan fingerprint density at radius 3 is 2.76 bits per heavy atom. The maximum atomic E-state index is 12.1. The van der Waals surface area contributed by atoms with Gasteiger partial charge in [0.2, 0.25) is 0 Å². The number of H-pyrrole nitrogens is 1. The summed E-state index contributed by atoms with van der Waals surface area (Å²) in [6.07, 6.45) is 3.41. The molecule has 2 aromatic rings. The van der Waals surface area contributed by atoms with Crippen molar-refractivity contribution >= 4 is 17.2 Å². The van der Waals surface area contributed by atoms with E-state index in [2.05, 4.69) is 11.9 Å². The highest BCUT2D eigenvalue weighted by atomic mass is 16.1. The molecule has 17 heavy (non-hydrogen) atoms. The van der Waals surface area contributed by atoms with Crippen molar-refractivity contribution in [1.29, 1.82) is 0 Å². The monoisotopic (exact) mass is 229 g/mol. The minimum atomic E-state index is -0.166. The SMILES string of the molecule is CCCCc1[nH]c2ccccc2c(=O)c1C=O. The van der Waals surface area contributed by atoms with Gasteiger partial charge in [-0.15, -0.1) is 0 Å². The Morgan fingerprint density at radius 2 is 2.06 bits per heavy atom. The van der Waals surface area contributed by atoms with E-state index < -0.39 is 0 Å². The summed E-state index contributed by atoms with van der Waals surface area (Å²) in [5, 5.41) is 0.579. The van der Waals surface area contributed by atoms with Crippen molar-refractivity contribution in [2.75, 3.05) is 0 Å². The summed E-state index contributed by atoms with van der Waals surface area (Å²) >= 11 is 0. The number of rotatable bonds is 4. The molecule has 0 saturated carbocycles. The predicted molar refractivity (Wildman–Crippen MR) is 68.6 cm³/mol. The number of para-hydroxylation sites is 1. The number of hydrogen-bond donors (Lipinski definition) is 1. The van der Waals surface area contributed by atoms with E-state index in [-0.39, 0.29) is 11.0 Å². The second-order valence-electron chi connectivity index (χ2n) is 4.11. The van der Waals surface area contributed by atoms with Gasteiger partial charge in [0.05, 0.1) is 5.56 Å². The van der Waals surface area contributed by atoms with Crippen molar-refractivity contribution < 1.29 is 4.79 Å². The van der Waals surface area contributed by atoms with Gasteiger partial charge in [0.15, 0.2) is 11.7 Å². The molecule has 0 amide bonds. The summed E-state index contributed by atoms with van der Waals surface area (Å²) < 4.78 is 0. The summed E-state index contributed by atoms with van der Waals surface area (Å²) in [5.74, 6) is 0. The summed E-state index contributed by atoms with van der Waals surface area (Å²) in [6, 6.07) is 7.28. The number of benzene rings is 1. The average Bonchev–Trinajstić information content (AvgIpc) is 2.36. The first kappa shape index (κ1) is 11.6. The number of carbonyl (C=O) groups excluding carboxylic acids is 1. The molecule has 0 saturated heterocycles. The third kappa shape index (κ3) is 2.13. The first-order valence-corrected chi connectivity index (χ1v) is 5.87. The van der Waals surface area contributed by atoms with Crippen LogP contribution in [0.4, 0.5) is 0 Å². The van der Waals surface area contributed by atoms with Gasteiger partial charge >= 0.3 is 0 Å². The number of aryl methyl sites for hydroxylation is 1. The van der Waals surface area contributed by atoms with Crippen LogP contribution in [0.25, 0.3) is 10.9 Å². The lowest BCUT2D eigenvalue weighted by Crippen LogP contribution is -2.14. The molecule has 1 N–H and O–H groups in total. The van der Waals surface area contributed by atoms with Crippen LogP contribution in [0.2, 0.25) is 0 Å². The zero-order valence-electron chi connectivity index (χ0n) is 9.82. The van der Waals surface area contributed by atoms with Gasteiger partial charge in [-0.1, -0.05) is 25.5 Å². The van der Waals surface area contributed by atoms with Crippen LogP contribution in [0.3, 0.4) is 0 Å². The Bertz CT molecular complexity index is 599. The van der Waals surface area contributed by atoms with E-state index in [1.54, 1.807) is 12.1 Å². The molecule has 0 radical (unpaired) electrons. The molecular formula is C14H15NO2. The number of unbranched alkanes of at least 4 members (excludes halogenated alkanes) is 1. The molecule has 0 aliphatic heterocycles. The number of carbonyl (C=O) groups is 1. The van der Waals surface area contributed by atoms with Crippen LogP contribution in [0.1, 0.15) is 35.8 Å². The Labute approximate surface area is 99.5 Å². The Morgan fingerprint density at radius 1 is 1.29 bits per heavy atom. The molecule has 1 heterocycles. The maximum Gasteiger partial charge on any atom is 0.200 e. The Balaban J connectivity index is 2.66. The van der Waals surface area contributed by atoms with Gasteiger partial charge in [-0.2, -0.15) is 0 Å². The largest absolute Gasteiger partial charge is 0.358 e. The fourth-order valence-corrected chi connectivity index (χ4v) is 1.98. The molecule has 1 aromatic heterocycles. The van der Waals surface area contributed by atoms with Crippen LogP contribution in [0, 0.1) is 0 Å². The van der Waals surface area contributed by atoms with Crippen LogP contribution in [0.15, 0.2) is 29.1 Å². The minimum Gasteiger partial charge on any atom is -0.358 e. The zero-order valence-corrected chi connectivity index (χ0v) is 9.82. The van der Waals surface area contributed by atoms with Crippen LogP contribution in [-0.2, 0) is 6.42 Å². The first-order chi connectivity index (χ1) is 8.27. The Kier molecular flexibility index (Phi) is 3.38. The third-order valence-electron chi connectivity index (χ3n) is 2.93. The second kappa shape index (κ2) is 4.95. The highest BCUT2D eigenvalue weighted by molar-refractivity contribution is 5.87. The van der Waals surface area contributed by atoms with Gasteiger partial charge in [0, 0.05) is 16.6 Å². The number of fused-ring (bicyclic) bond motifs is 1. The lowest BCUT2D eigenvalue weighted by Gasteiger charge is -2.06. The van der Waals surface area contributed by atoms with Gasteiger partial charge in [0.25, 0.3) is 0 Å². The normalized spacial score (nSPS) is 10.6. The number of pyridine rings is 1. The van der Waals surface area contributed by atoms with E-state index in [0.717, 1.165) is 30.5 Å². The lowest BCUT2D eigenvalue weighted by molar-refractivity contribution is 0.112. The van der Waals surface area contributed by atoms with Gasteiger partial charge in [-0.05, 0) is 25.0 Å². The van der Waals surface area contributed by atoms with Crippen LogP contribution < -0.4 is 5.43 Å². The smallest absolute Gasteiger partial charge is 0.200 e. The number of aromatic amines is 1. The molecule has 0 spiro atoms. The molecule has 0 aliphatic rings. The van der Waals surface area contributed by atoms with E-state index in [1.165, 1.54) is 0 Å². The van der Waals surface area contributed by atoms with E-state index in [4.69, 9.17) is 0 Å². The van der Waals surface area contributed by atoms with Crippen molar-refractivity contribution in [3.8, 4) is 0 Å². The lowest BCUT2D eigenvalue weighted by atomic mass is 10.1. The molecule has 0 atom stereocenters. The Hall–Kier alpha value is -1.90. The van der Waals surface area contributed by atoms with Gasteiger partial charge in [-0.25, -0.2) is 0 Å². The molecular weight excluding hydrogens is 214 g/mol. The van der Waals surface area contributed by atoms with Crippen LogP contribution in [0.5, 0.6) is 0 Å². The molecule has 0 aliphatic carbocycles. The molecule has 2 rings (SSSR count). The number of hydrogen-bond acceptors (Lipinski definition) is 2. The molecule has 3 heteroatoms. The number of aromatic nitrogens is 1. The number of aldehydes is 1. The van der Waals surface area contributed by atoms with Crippen molar-refractivity contribution in [3.05, 3.63) is 45.7 Å². The van der Waals surface area contributed by atoms with E-state index >= 15 is 0 Å². The summed E-state index contributed by atoms with van der Waals surface area (Å²) in [6.45, 7) is 2.08. The third-order valence-corrected chi connectivity index (χ3v) is 2.93. The van der Waals surface area contributed by atoms with Crippen molar-refractivity contribution in [2.24, 2.45) is 0 Å². The van der Waals surface area contributed by atoms with Crippen molar-refractivity contribution in [3.63, 3.8) is 0 Å². The van der Waals surface area contributed by atoms with Gasteiger partial charge < -0.3 is 4.98 Å². The van der Waals surface area contributed by atoms with E-state index in [9.17, 15) is 9.59 Å². The van der Waals surface area contributed by atoms with E-state index in [0.29, 0.717) is 11.7 Å². The number of nitrogens with one attached hydrogen (secondary N) is 1. The van der Waals surface area contributed by atoms with Gasteiger partial charge in [-0.3, -0.25) is 9.59 Å². The standard InChI is InChI=1S/C14H15NO2/c1-2-3-7-13-11(9-16)14(17)10-6-4-5-8-12(10)15-13/h4-6,8-9H,2-3,7H2,1H3,(H,15,17). The molecule has 0 fully saturated rings. The first-order valence-electron chi connectivity index (χ1n) is 5.87.